The second-order valence-electron chi connectivity index (χ2n) is 5.68. The van der Waals surface area contributed by atoms with Gasteiger partial charge in [0.25, 0.3) is 5.91 Å². The number of rotatable bonds is 3. The number of carbonyl (C=O) groups is 1. The third-order valence-electron chi connectivity index (χ3n) is 3.99. The predicted molar refractivity (Wildman–Crippen MR) is 82.7 cm³/mol. The highest BCUT2D eigenvalue weighted by molar-refractivity contribution is 5.95. The number of likely N-dealkylation sites (tertiary alicyclic amines) is 1. The number of nitrogens with zero attached hydrogens (tertiary/aromatic N) is 1. The molecular formula is C15H23ClN2O2. The lowest BCUT2D eigenvalue weighted by Crippen LogP contribution is -2.34. The van der Waals surface area contributed by atoms with Crippen molar-refractivity contribution < 1.29 is 9.53 Å². The minimum Gasteiger partial charge on any atom is -0.496 e. The van der Waals surface area contributed by atoms with Crippen LogP contribution < -0.4 is 10.5 Å². The largest absolute Gasteiger partial charge is 0.496 e. The molecule has 1 aromatic carbocycles. The molecule has 1 unspecified atom stereocenters. The molecule has 1 atom stereocenters. The van der Waals surface area contributed by atoms with Crippen LogP contribution in [0.5, 0.6) is 5.75 Å². The van der Waals surface area contributed by atoms with Gasteiger partial charge in [0.05, 0.1) is 7.11 Å². The van der Waals surface area contributed by atoms with Crippen molar-refractivity contribution in [3.05, 3.63) is 29.3 Å². The first kappa shape index (κ1) is 16.8. The van der Waals surface area contributed by atoms with Crippen molar-refractivity contribution >= 4 is 18.3 Å². The zero-order valence-corrected chi connectivity index (χ0v) is 13.1. The molecule has 4 nitrogen and oxygen atoms in total. The van der Waals surface area contributed by atoms with Gasteiger partial charge in [0, 0.05) is 18.7 Å². The summed E-state index contributed by atoms with van der Waals surface area (Å²) in [6.45, 7) is 6.24. The quantitative estimate of drug-likeness (QED) is 0.931. The van der Waals surface area contributed by atoms with Crippen molar-refractivity contribution in [3.8, 4) is 5.75 Å². The molecule has 1 fully saturated rings. The van der Waals surface area contributed by atoms with E-state index >= 15 is 0 Å². The Kier molecular flexibility index (Phi) is 5.42. The maximum Gasteiger partial charge on any atom is 0.254 e. The van der Waals surface area contributed by atoms with Crippen LogP contribution >= 0.6 is 12.4 Å². The van der Waals surface area contributed by atoms with Crippen LogP contribution in [0.4, 0.5) is 0 Å². The van der Waals surface area contributed by atoms with Crippen LogP contribution in [-0.2, 0) is 0 Å². The molecule has 1 heterocycles. The Morgan fingerprint density at radius 2 is 2.20 bits per heavy atom. The van der Waals surface area contributed by atoms with Gasteiger partial charge in [0.1, 0.15) is 5.75 Å². The summed E-state index contributed by atoms with van der Waals surface area (Å²) in [6.07, 6.45) is 0.970. The Balaban J connectivity index is 0.00000200. The first-order chi connectivity index (χ1) is 8.99. The van der Waals surface area contributed by atoms with Gasteiger partial charge in [-0.1, -0.05) is 13.0 Å². The van der Waals surface area contributed by atoms with E-state index in [-0.39, 0.29) is 23.7 Å². The Bertz CT molecular complexity index is 493. The van der Waals surface area contributed by atoms with Crippen LogP contribution in [0.15, 0.2) is 18.2 Å². The molecule has 1 aliphatic rings. The molecule has 1 aromatic rings. The molecule has 0 radical (unpaired) electrons. The Hall–Kier alpha value is -1.26. The summed E-state index contributed by atoms with van der Waals surface area (Å²) in [5.74, 6) is 0.821. The van der Waals surface area contributed by atoms with E-state index in [4.69, 9.17) is 10.5 Å². The Morgan fingerprint density at radius 1 is 1.50 bits per heavy atom. The number of ether oxygens (including phenoxy) is 1. The van der Waals surface area contributed by atoms with E-state index in [1.807, 2.05) is 30.0 Å². The molecule has 1 amide bonds. The molecule has 0 spiro atoms. The maximum atomic E-state index is 12.5. The smallest absolute Gasteiger partial charge is 0.254 e. The molecule has 0 aliphatic carbocycles. The highest BCUT2D eigenvalue weighted by Gasteiger charge is 2.35. The van der Waals surface area contributed by atoms with E-state index in [2.05, 4.69) is 6.92 Å². The Morgan fingerprint density at radius 3 is 2.75 bits per heavy atom. The lowest BCUT2D eigenvalue weighted by atomic mass is 9.90. The highest BCUT2D eigenvalue weighted by Crippen LogP contribution is 2.30. The van der Waals surface area contributed by atoms with Crippen LogP contribution in [0.1, 0.15) is 29.3 Å². The van der Waals surface area contributed by atoms with Gasteiger partial charge in [-0.2, -0.15) is 0 Å². The van der Waals surface area contributed by atoms with Gasteiger partial charge < -0.3 is 15.4 Å². The fourth-order valence-electron chi connectivity index (χ4n) is 2.50. The molecule has 5 heteroatoms. The molecule has 0 aromatic heterocycles. The third-order valence-corrected chi connectivity index (χ3v) is 3.99. The minimum atomic E-state index is 0. The van der Waals surface area contributed by atoms with Crippen molar-refractivity contribution in [2.24, 2.45) is 11.1 Å². The summed E-state index contributed by atoms with van der Waals surface area (Å²) < 4.78 is 5.27. The first-order valence-corrected chi connectivity index (χ1v) is 6.63. The number of hydrogen-bond acceptors (Lipinski definition) is 3. The number of halogens is 1. The van der Waals surface area contributed by atoms with Crippen molar-refractivity contribution in [1.82, 2.24) is 4.90 Å². The van der Waals surface area contributed by atoms with Gasteiger partial charge in [0.2, 0.25) is 0 Å². The number of hydrogen-bond donors (Lipinski definition) is 1. The summed E-state index contributed by atoms with van der Waals surface area (Å²) in [5, 5.41) is 0. The van der Waals surface area contributed by atoms with E-state index < -0.39 is 0 Å². The van der Waals surface area contributed by atoms with Crippen molar-refractivity contribution in [2.45, 2.75) is 20.3 Å². The van der Waals surface area contributed by atoms with Gasteiger partial charge in [-0.25, -0.2) is 0 Å². The summed E-state index contributed by atoms with van der Waals surface area (Å²) in [7, 11) is 1.62. The average molecular weight is 299 g/mol. The fraction of sp³-hybridized carbons (Fsp3) is 0.533. The molecule has 0 saturated carbocycles. The van der Waals surface area contributed by atoms with Gasteiger partial charge >= 0.3 is 0 Å². The molecular weight excluding hydrogens is 276 g/mol. The number of benzene rings is 1. The SMILES string of the molecule is COc1cc(C(=O)N2CCC(C)(CN)C2)ccc1C.Cl. The minimum absolute atomic E-state index is 0. The zero-order valence-electron chi connectivity index (χ0n) is 12.3. The van der Waals surface area contributed by atoms with Crippen LogP contribution in [-0.4, -0.2) is 37.6 Å². The normalized spacial score (nSPS) is 21.5. The van der Waals surface area contributed by atoms with Gasteiger partial charge in [-0.15, -0.1) is 12.4 Å². The molecule has 0 bridgehead atoms. The zero-order chi connectivity index (χ0) is 14.0. The van der Waals surface area contributed by atoms with Crippen molar-refractivity contribution in [1.29, 1.82) is 0 Å². The summed E-state index contributed by atoms with van der Waals surface area (Å²) >= 11 is 0. The summed E-state index contributed by atoms with van der Waals surface area (Å²) in [4.78, 5) is 14.3. The van der Waals surface area contributed by atoms with Gasteiger partial charge in [-0.05, 0) is 43.0 Å². The van der Waals surface area contributed by atoms with Crippen molar-refractivity contribution in [2.75, 3.05) is 26.7 Å². The average Bonchev–Trinajstić information content (AvgIpc) is 2.82. The highest BCUT2D eigenvalue weighted by atomic mass is 35.5. The molecule has 2 rings (SSSR count). The first-order valence-electron chi connectivity index (χ1n) is 6.63. The number of nitrogens with two attached hydrogens (primary N) is 1. The standard InChI is InChI=1S/C15H22N2O2.ClH/c1-11-4-5-12(8-13(11)19-3)14(18)17-7-6-15(2,9-16)10-17;/h4-5,8H,6-7,9-10,16H2,1-3H3;1H. The van der Waals surface area contributed by atoms with E-state index in [1.54, 1.807) is 7.11 Å². The molecule has 1 aliphatic heterocycles. The third kappa shape index (κ3) is 3.25. The van der Waals surface area contributed by atoms with Crippen LogP contribution in [0.25, 0.3) is 0 Å². The summed E-state index contributed by atoms with van der Waals surface area (Å²) in [6, 6.07) is 5.60. The lowest BCUT2D eigenvalue weighted by Gasteiger charge is -2.22. The second-order valence-corrected chi connectivity index (χ2v) is 5.68. The topological polar surface area (TPSA) is 55.6 Å². The number of carbonyl (C=O) groups excluding carboxylic acids is 1. The lowest BCUT2D eigenvalue weighted by molar-refractivity contribution is 0.0776. The fourth-order valence-corrected chi connectivity index (χ4v) is 2.50. The predicted octanol–water partition coefficient (Wildman–Crippen LogP) is 2.24. The number of amides is 1. The number of aryl methyl sites for hydroxylation is 1. The van der Waals surface area contributed by atoms with Crippen LogP contribution in [0, 0.1) is 12.3 Å². The monoisotopic (exact) mass is 298 g/mol. The van der Waals surface area contributed by atoms with E-state index in [0.717, 1.165) is 30.8 Å². The van der Waals surface area contributed by atoms with Gasteiger partial charge in [0.15, 0.2) is 0 Å². The van der Waals surface area contributed by atoms with Crippen LogP contribution in [0.3, 0.4) is 0 Å². The van der Waals surface area contributed by atoms with Gasteiger partial charge in [-0.3, -0.25) is 4.79 Å². The van der Waals surface area contributed by atoms with Crippen LogP contribution in [0.2, 0.25) is 0 Å². The van der Waals surface area contributed by atoms with E-state index in [9.17, 15) is 4.79 Å². The number of methoxy groups -OCH3 is 1. The van der Waals surface area contributed by atoms with Crippen molar-refractivity contribution in [3.63, 3.8) is 0 Å². The molecule has 1 saturated heterocycles. The van der Waals surface area contributed by atoms with E-state index in [1.165, 1.54) is 0 Å². The van der Waals surface area contributed by atoms with E-state index in [0.29, 0.717) is 12.1 Å². The second kappa shape index (κ2) is 6.46. The molecule has 2 N–H and O–H groups in total. The Labute approximate surface area is 126 Å². The maximum absolute atomic E-state index is 12.5. The molecule has 112 valence electrons. The molecule has 20 heavy (non-hydrogen) atoms. The summed E-state index contributed by atoms with van der Waals surface area (Å²) in [5.41, 5.74) is 7.56.